The van der Waals surface area contributed by atoms with Crippen LogP contribution in [-0.2, 0) is 13.0 Å². The fourth-order valence-electron chi connectivity index (χ4n) is 2.59. The van der Waals surface area contributed by atoms with Gasteiger partial charge in [-0.25, -0.2) is 0 Å². The van der Waals surface area contributed by atoms with Gasteiger partial charge >= 0.3 is 0 Å². The Morgan fingerprint density at radius 2 is 2.20 bits per heavy atom. The Hall–Kier alpha value is -0.310. The van der Waals surface area contributed by atoms with E-state index in [4.69, 9.17) is 0 Å². The third-order valence-corrected chi connectivity index (χ3v) is 4.73. The number of hydrogen-bond acceptors (Lipinski definition) is 1. The van der Waals surface area contributed by atoms with Gasteiger partial charge in [-0.3, -0.25) is 4.68 Å². The molecule has 0 N–H and O–H groups in total. The number of nitrogens with zero attached hydrogens (tertiary/aromatic N) is 2. The molecule has 0 spiro atoms. The third-order valence-electron chi connectivity index (χ3n) is 3.54. The first-order valence-corrected chi connectivity index (χ1v) is 6.97. The molecule has 2 nitrogen and oxygen atoms in total. The second kappa shape index (κ2) is 4.69. The van der Waals surface area contributed by atoms with E-state index in [1.807, 2.05) is 10.9 Å². The van der Waals surface area contributed by atoms with E-state index in [9.17, 15) is 0 Å². The Kier molecular flexibility index (Phi) is 3.49. The molecule has 1 aliphatic rings. The second-order valence-electron chi connectivity index (χ2n) is 4.72. The minimum absolute atomic E-state index is 0.515. The summed E-state index contributed by atoms with van der Waals surface area (Å²) in [5.74, 6) is 0. The molecule has 2 rings (SSSR count). The monoisotopic (exact) mass is 270 g/mol. The summed E-state index contributed by atoms with van der Waals surface area (Å²) < 4.78 is 2.02. The van der Waals surface area contributed by atoms with Crippen LogP contribution >= 0.6 is 15.9 Å². The summed E-state index contributed by atoms with van der Waals surface area (Å²) in [7, 11) is 0. The van der Waals surface area contributed by atoms with Gasteiger partial charge in [0.2, 0.25) is 0 Å². The third kappa shape index (κ3) is 2.44. The van der Waals surface area contributed by atoms with Crippen molar-refractivity contribution in [3.8, 4) is 0 Å². The van der Waals surface area contributed by atoms with Crippen molar-refractivity contribution < 1.29 is 0 Å². The van der Waals surface area contributed by atoms with Gasteiger partial charge in [0.1, 0.15) is 0 Å². The number of rotatable bonds is 4. The average molecular weight is 271 g/mol. The second-order valence-corrected chi connectivity index (χ2v) is 5.28. The molecule has 1 aromatic heterocycles. The molecule has 0 radical (unpaired) electrons. The Balaban J connectivity index is 2.05. The molecule has 0 aromatic carbocycles. The first-order chi connectivity index (χ1) is 7.28. The van der Waals surface area contributed by atoms with Gasteiger partial charge in [0, 0.05) is 18.1 Å². The van der Waals surface area contributed by atoms with Crippen molar-refractivity contribution >= 4 is 15.9 Å². The van der Waals surface area contributed by atoms with Crippen LogP contribution in [-0.4, -0.2) is 15.1 Å². The molecule has 1 heterocycles. The van der Waals surface area contributed by atoms with Crippen molar-refractivity contribution in [1.29, 1.82) is 0 Å². The van der Waals surface area contributed by atoms with E-state index >= 15 is 0 Å². The molecule has 0 unspecified atom stereocenters. The Morgan fingerprint density at radius 1 is 1.47 bits per heavy atom. The van der Waals surface area contributed by atoms with E-state index in [-0.39, 0.29) is 0 Å². The quantitative estimate of drug-likeness (QED) is 0.767. The molecular formula is C12H19BrN2. The number of alkyl halides is 1. The SMILES string of the molecule is CCn1cc(CC2(CBr)CCCC2)cn1. The maximum atomic E-state index is 4.34. The van der Waals surface area contributed by atoms with E-state index in [2.05, 4.69) is 34.1 Å². The lowest BCUT2D eigenvalue weighted by Gasteiger charge is -2.25. The lowest BCUT2D eigenvalue weighted by Crippen LogP contribution is -2.21. The molecule has 0 atom stereocenters. The highest BCUT2D eigenvalue weighted by Gasteiger charge is 2.33. The number of halogens is 1. The van der Waals surface area contributed by atoms with E-state index < -0.39 is 0 Å². The van der Waals surface area contributed by atoms with E-state index in [0.29, 0.717) is 5.41 Å². The highest BCUT2D eigenvalue weighted by Crippen LogP contribution is 2.42. The highest BCUT2D eigenvalue weighted by molar-refractivity contribution is 9.09. The summed E-state index contributed by atoms with van der Waals surface area (Å²) in [6.45, 7) is 3.11. The van der Waals surface area contributed by atoms with Crippen LogP contribution in [0, 0.1) is 5.41 Å². The van der Waals surface area contributed by atoms with Crippen LogP contribution in [0.2, 0.25) is 0 Å². The summed E-state index contributed by atoms with van der Waals surface area (Å²) in [6.07, 6.45) is 11.0. The van der Waals surface area contributed by atoms with E-state index in [1.54, 1.807) is 0 Å². The predicted molar refractivity (Wildman–Crippen MR) is 66.3 cm³/mol. The standard InChI is InChI=1S/C12H19BrN2/c1-2-15-9-11(8-14-15)7-12(10-13)5-3-4-6-12/h8-9H,2-7,10H2,1H3. The van der Waals surface area contributed by atoms with Crippen molar-refractivity contribution in [2.24, 2.45) is 5.41 Å². The van der Waals surface area contributed by atoms with Crippen LogP contribution in [0.25, 0.3) is 0 Å². The molecule has 84 valence electrons. The predicted octanol–water partition coefficient (Wildman–Crippen LogP) is 3.40. The van der Waals surface area contributed by atoms with Crippen molar-refractivity contribution in [3.63, 3.8) is 0 Å². The largest absolute Gasteiger partial charge is 0.273 e. The van der Waals surface area contributed by atoms with Gasteiger partial charge in [-0.1, -0.05) is 28.8 Å². The molecule has 3 heteroatoms. The van der Waals surface area contributed by atoms with Crippen LogP contribution in [0.5, 0.6) is 0 Å². The Morgan fingerprint density at radius 3 is 2.73 bits per heavy atom. The molecule has 0 amide bonds. The summed E-state index contributed by atoms with van der Waals surface area (Å²) in [5, 5.41) is 5.48. The maximum absolute atomic E-state index is 4.34. The van der Waals surface area contributed by atoms with Crippen LogP contribution in [0.15, 0.2) is 12.4 Å². The van der Waals surface area contributed by atoms with Crippen LogP contribution in [0.1, 0.15) is 38.2 Å². The summed E-state index contributed by atoms with van der Waals surface area (Å²) in [4.78, 5) is 0. The van der Waals surface area contributed by atoms with Gasteiger partial charge in [0.25, 0.3) is 0 Å². The molecule has 0 saturated heterocycles. The first-order valence-electron chi connectivity index (χ1n) is 5.85. The number of aryl methyl sites for hydroxylation is 1. The highest BCUT2D eigenvalue weighted by atomic mass is 79.9. The summed E-state index contributed by atoms with van der Waals surface area (Å²) >= 11 is 3.69. The van der Waals surface area contributed by atoms with Gasteiger partial charge in [-0.15, -0.1) is 0 Å². The van der Waals surface area contributed by atoms with Gasteiger partial charge < -0.3 is 0 Å². The van der Waals surface area contributed by atoms with E-state index in [1.165, 1.54) is 37.7 Å². The fraction of sp³-hybridized carbons (Fsp3) is 0.750. The Labute approximate surface area is 100 Å². The van der Waals surface area contributed by atoms with Crippen molar-refractivity contribution in [2.75, 3.05) is 5.33 Å². The van der Waals surface area contributed by atoms with Crippen LogP contribution in [0.3, 0.4) is 0 Å². The van der Waals surface area contributed by atoms with Gasteiger partial charge in [0.05, 0.1) is 6.20 Å². The number of aromatic nitrogens is 2. The zero-order valence-corrected chi connectivity index (χ0v) is 11.0. The minimum Gasteiger partial charge on any atom is -0.273 e. The molecular weight excluding hydrogens is 252 g/mol. The molecule has 1 saturated carbocycles. The maximum Gasteiger partial charge on any atom is 0.0521 e. The van der Waals surface area contributed by atoms with Crippen molar-refractivity contribution in [3.05, 3.63) is 18.0 Å². The Bertz CT molecular complexity index is 313. The van der Waals surface area contributed by atoms with Crippen LogP contribution < -0.4 is 0 Å². The van der Waals surface area contributed by atoms with Crippen LogP contribution in [0.4, 0.5) is 0 Å². The molecule has 15 heavy (non-hydrogen) atoms. The molecule has 0 bridgehead atoms. The smallest absolute Gasteiger partial charge is 0.0521 e. The zero-order valence-electron chi connectivity index (χ0n) is 9.38. The number of hydrogen-bond donors (Lipinski definition) is 0. The van der Waals surface area contributed by atoms with Crippen molar-refractivity contribution in [2.45, 2.75) is 45.6 Å². The molecule has 1 fully saturated rings. The lowest BCUT2D eigenvalue weighted by atomic mass is 9.83. The van der Waals surface area contributed by atoms with E-state index in [0.717, 1.165) is 11.9 Å². The zero-order chi connectivity index (χ0) is 10.7. The lowest BCUT2D eigenvalue weighted by molar-refractivity contribution is 0.346. The summed E-state index contributed by atoms with van der Waals surface area (Å²) in [6, 6.07) is 0. The normalized spacial score (nSPS) is 19.6. The van der Waals surface area contributed by atoms with Gasteiger partial charge in [-0.05, 0) is 37.2 Å². The molecule has 1 aromatic rings. The molecule has 1 aliphatic carbocycles. The first kappa shape index (κ1) is 11.2. The average Bonchev–Trinajstić information content (AvgIpc) is 2.88. The van der Waals surface area contributed by atoms with Gasteiger partial charge in [0.15, 0.2) is 0 Å². The fourth-order valence-corrected chi connectivity index (χ4v) is 3.35. The minimum atomic E-state index is 0.515. The van der Waals surface area contributed by atoms with Crippen molar-refractivity contribution in [1.82, 2.24) is 9.78 Å². The topological polar surface area (TPSA) is 17.8 Å². The summed E-state index contributed by atoms with van der Waals surface area (Å²) in [5.41, 5.74) is 1.92. The molecule has 0 aliphatic heterocycles. The van der Waals surface area contributed by atoms with Gasteiger partial charge in [-0.2, -0.15) is 5.10 Å².